The van der Waals surface area contributed by atoms with Crippen LogP contribution in [0.15, 0.2) is 0 Å². The van der Waals surface area contributed by atoms with Crippen molar-refractivity contribution in [1.29, 1.82) is 0 Å². The highest BCUT2D eigenvalue weighted by molar-refractivity contribution is 5.71. The Kier molecular flexibility index (Phi) is 49.7. The summed E-state index contributed by atoms with van der Waals surface area (Å²) >= 11 is 0. The van der Waals surface area contributed by atoms with Crippen molar-refractivity contribution in [3.63, 3.8) is 0 Å². The van der Waals surface area contributed by atoms with Crippen molar-refractivity contribution in [2.45, 2.75) is 322 Å². The van der Waals surface area contributed by atoms with Gasteiger partial charge in [0.25, 0.3) is 0 Å². The van der Waals surface area contributed by atoms with Gasteiger partial charge < -0.3 is 14.2 Å². The molecule has 0 N–H and O–H groups in total. The summed E-state index contributed by atoms with van der Waals surface area (Å²) in [5.41, 5.74) is 0. The summed E-state index contributed by atoms with van der Waals surface area (Å²) in [6, 6.07) is 0. The van der Waals surface area contributed by atoms with Crippen molar-refractivity contribution in [3.05, 3.63) is 0 Å². The molecule has 1 atom stereocenters. The van der Waals surface area contributed by atoms with Gasteiger partial charge >= 0.3 is 17.9 Å². The number of hydrogen-bond donors (Lipinski definition) is 0. The first-order valence-electron chi connectivity index (χ1n) is 27.5. The molecule has 0 bridgehead atoms. The zero-order chi connectivity index (χ0) is 44.4. The van der Waals surface area contributed by atoms with Gasteiger partial charge in [0.2, 0.25) is 0 Å². The van der Waals surface area contributed by atoms with E-state index in [0.29, 0.717) is 19.3 Å². The largest absolute Gasteiger partial charge is 0.462 e. The van der Waals surface area contributed by atoms with Gasteiger partial charge in [0.1, 0.15) is 13.2 Å². The first-order chi connectivity index (χ1) is 30.0. The third kappa shape index (κ3) is 49.3. The van der Waals surface area contributed by atoms with Crippen LogP contribution < -0.4 is 0 Å². The molecule has 362 valence electrons. The van der Waals surface area contributed by atoms with Crippen molar-refractivity contribution >= 4 is 17.9 Å². The van der Waals surface area contributed by atoms with Crippen molar-refractivity contribution in [2.75, 3.05) is 13.2 Å². The van der Waals surface area contributed by atoms with Crippen LogP contribution in [0.1, 0.15) is 316 Å². The van der Waals surface area contributed by atoms with E-state index in [1.165, 1.54) is 218 Å². The van der Waals surface area contributed by atoms with E-state index >= 15 is 0 Å². The van der Waals surface area contributed by atoms with E-state index in [-0.39, 0.29) is 31.1 Å². The van der Waals surface area contributed by atoms with Crippen molar-refractivity contribution in [2.24, 2.45) is 0 Å². The van der Waals surface area contributed by atoms with Crippen LogP contribution >= 0.6 is 0 Å². The molecule has 0 aromatic rings. The highest BCUT2D eigenvalue weighted by atomic mass is 16.6. The van der Waals surface area contributed by atoms with Gasteiger partial charge in [-0.05, 0) is 19.3 Å². The van der Waals surface area contributed by atoms with E-state index in [1.54, 1.807) is 0 Å². The minimum absolute atomic E-state index is 0.0616. The van der Waals surface area contributed by atoms with Gasteiger partial charge in [-0.15, -0.1) is 0 Å². The molecule has 0 spiro atoms. The predicted molar refractivity (Wildman–Crippen MR) is 261 cm³/mol. The quantitative estimate of drug-likeness (QED) is 0.0344. The Morgan fingerprint density at radius 1 is 0.262 bits per heavy atom. The second kappa shape index (κ2) is 51.0. The molecule has 0 saturated heterocycles. The molecule has 0 unspecified atom stereocenters. The zero-order valence-electron chi connectivity index (χ0n) is 41.5. The summed E-state index contributed by atoms with van der Waals surface area (Å²) in [6.45, 7) is 6.68. The number of ether oxygens (including phenoxy) is 3. The Labute approximate surface area is 380 Å². The Bertz CT molecular complexity index is 905. The van der Waals surface area contributed by atoms with Crippen LogP contribution in [0.25, 0.3) is 0 Å². The smallest absolute Gasteiger partial charge is 0.306 e. The SMILES string of the molecule is CCCCCCCCCCCCCCCCCCCCCC(=O)O[C@H](COC(=O)CCCCCCCCCCCC)COC(=O)CCCCCCCCCCCCCCCC. The molecule has 0 aromatic carbocycles. The summed E-state index contributed by atoms with van der Waals surface area (Å²) in [5.74, 6) is -0.839. The van der Waals surface area contributed by atoms with Gasteiger partial charge in [0.15, 0.2) is 6.10 Å². The lowest BCUT2D eigenvalue weighted by Crippen LogP contribution is -2.30. The van der Waals surface area contributed by atoms with Gasteiger partial charge in [0, 0.05) is 19.3 Å². The van der Waals surface area contributed by atoms with Crippen molar-refractivity contribution in [3.8, 4) is 0 Å². The molecule has 6 nitrogen and oxygen atoms in total. The minimum atomic E-state index is -0.759. The minimum Gasteiger partial charge on any atom is -0.462 e. The van der Waals surface area contributed by atoms with Crippen LogP contribution in [-0.4, -0.2) is 37.2 Å². The summed E-state index contributed by atoms with van der Waals surface area (Å²) in [5, 5.41) is 0. The molecular formula is C55H106O6. The van der Waals surface area contributed by atoms with E-state index in [2.05, 4.69) is 20.8 Å². The molecule has 0 aliphatic heterocycles. The third-order valence-electron chi connectivity index (χ3n) is 12.6. The number of hydrogen-bond acceptors (Lipinski definition) is 6. The van der Waals surface area contributed by atoms with Gasteiger partial charge in [-0.1, -0.05) is 278 Å². The lowest BCUT2D eigenvalue weighted by molar-refractivity contribution is -0.167. The van der Waals surface area contributed by atoms with E-state index in [0.717, 1.165) is 57.8 Å². The van der Waals surface area contributed by atoms with Crippen LogP contribution in [0.4, 0.5) is 0 Å². The summed E-state index contributed by atoms with van der Waals surface area (Å²) < 4.78 is 16.8. The molecule has 0 fully saturated rings. The Morgan fingerprint density at radius 2 is 0.443 bits per heavy atom. The average molecular weight is 863 g/mol. The average Bonchev–Trinajstić information content (AvgIpc) is 3.26. The van der Waals surface area contributed by atoms with Gasteiger partial charge in [-0.25, -0.2) is 0 Å². The van der Waals surface area contributed by atoms with Crippen LogP contribution in [0, 0.1) is 0 Å². The van der Waals surface area contributed by atoms with Gasteiger partial charge in [-0.3, -0.25) is 14.4 Å². The molecule has 0 aliphatic carbocycles. The fraction of sp³-hybridized carbons (Fsp3) is 0.945. The topological polar surface area (TPSA) is 78.9 Å². The van der Waals surface area contributed by atoms with Crippen molar-refractivity contribution < 1.29 is 28.6 Å². The highest BCUT2D eigenvalue weighted by Crippen LogP contribution is 2.17. The number of rotatable bonds is 51. The van der Waals surface area contributed by atoms with Gasteiger partial charge in [0.05, 0.1) is 0 Å². The maximum Gasteiger partial charge on any atom is 0.306 e. The molecule has 0 aromatic heterocycles. The Morgan fingerprint density at radius 3 is 0.656 bits per heavy atom. The Hall–Kier alpha value is -1.59. The van der Waals surface area contributed by atoms with Gasteiger partial charge in [-0.2, -0.15) is 0 Å². The first-order valence-corrected chi connectivity index (χ1v) is 27.5. The third-order valence-corrected chi connectivity index (χ3v) is 12.6. The Balaban J connectivity index is 4.24. The fourth-order valence-electron chi connectivity index (χ4n) is 8.45. The lowest BCUT2D eigenvalue weighted by Gasteiger charge is -2.18. The van der Waals surface area contributed by atoms with E-state index < -0.39 is 6.10 Å². The standard InChI is InChI=1S/C55H106O6/c1-4-7-10-13-16-19-22-24-26-27-28-29-30-32-34-37-40-43-46-49-55(58)61-52(50-59-53(56)47-44-41-38-35-21-18-15-12-9-6-3)51-60-54(57)48-45-42-39-36-33-31-25-23-20-17-14-11-8-5-2/h52H,4-51H2,1-3H3/t52-/m1/s1. The molecular weight excluding hydrogens is 757 g/mol. The summed E-state index contributed by atoms with van der Waals surface area (Å²) in [4.78, 5) is 38.0. The van der Waals surface area contributed by atoms with Crippen LogP contribution in [-0.2, 0) is 28.6 Å². The van der Waals surface area contributed by atoms with Crippen LogP contribution in [0.2, 0.25) is 0 Å². The zero-order valence-corrected chi connectivity index (χ0v) is 41.5. The second-order valence-electron chi connectivity index (χ2n) is 18.9. The molecule has 0 amide bonds. The molecule has 0 saturated carbocycles. The fourth-order valence-corrected chi connectivity index (χ4v) is 8.45. The molecule has 0 rings (SSSR count). The second-order valence-corrected chi connectivity index (χ2v) is 18.9. The monoisotopic (exact) mass is 863 g/mol. The number of esters is 3. The van der Waals surface area contributed by atoms with Crippen LogP contribution in [0.5, 0.6) is 0 Å². The van der Waals surface area contributed by atoms with E-state index in [4.69, 9.17) is 14.2 Å². The molecule has 61 heavy (non-hydrogen) atoms. The summed E-state index contributed by atoms with van der Waals surface area (Å²) in [7, 11) is 0. The highest BCUT2D eigenvalue weighted by Gasteiger charge is 2.19. The number of carbonyl (C=O) groups excluding carboxylic acids is 3. The molecule has 0 heterocycles. The van der Waals surface area contributed by atoms with E-state index in [9.17, 15) is 14.4 Å². The maximum absolute atomic E-state index is 12.8. The number of unbranched alkanes of at least 4 members (excludes halogenated alkanes) is 40. The molecule has 0 radical (unpaired) electrons. The first kappa shape index (κ1) is 59.4. The molecule has 6 heteroatoms. The summed E-state index contributed by atoms with van der Waals surface area (Å²) in [6.07, 6.45) is 55.2. The number of carbonyl (C=O) groups is 3. The predicted octanol–water partition coefficient (Wildman–Crippen LogP) is 18.0. The normalized spacial score (nSPS) is 11.9. The van der Waals surface area contributed by atoms with E-state index in [1.807, 2.05) is 0 Å². The maximum atomic E-state index is 12.8. The van der Waals surface area contributed by atoms with Crippen LogP contribution in [0.3, 0.4) is 0 Å². The lowest BCUT2D eigenvalue weighted by atomic mass is 10.0. The van der Waals surface area contributed by atoms with Crippen molar-refractivity contribution in [1.82, 2.24) is 0 Å². The molecule has 0 aliphatic rings.